The summed E-state index contributed by atoms with van der Waals surface area (Å²) in [6, 6.07) is 11.8. The Morgan fingerprint density at radius 1 is 1.21 bits per heavy atom. The second-order valence-electron chi connectivity index (χ2n) is 6.21. The highest BCUT2D eigenvalue weighted by molar-refractivity contribution is 6.30. The van der Waals surface area contributed by atoms with E-state index in [0.29, 0.717) is 11.4 Å². The average Bonchev–Trinajstić information content (AvgIpc) is 2.94. The van der Waals surface area contributed by atoms with Crippen molar-refractivity contribution in [1.29, 1.82) is 0 Å². The molecular weight excluding hydrogens is 327 g/mol. The van der Waals surface area contributed by atoms with Crippen LogP contribution in [0.5, 0.6) is 0 Å². The molecule has 1 amide bonds. The lowest BCUT2D eigenvalue weighted by atomic mass is 9.85. The van der Waals surface area contributed by atoms with Crippen LogP contribution in [0.3, 0.4) is 0 Å². The third-order valence-corrected chi connectivity index (χ3v) is 4.88. The number of aromatic amines is 1. The average molecular weight is 343 g/mol. The molecule has 122 valence electrons. The normalized spacial score (nSPS) is 16.8. The lowest BCUT2D eigenvalue weighted by Crippen LogP contribution is -2.28. The fourth-order valence-electron chi connectivity index (χ4n) is 3.39. The lowest BCUT2D eigenvalue weighted by molar-refractivity contribution is -0.120. The van der Waals surface area contributed by atoms with Crippen molar-refractivity contribution < 1.29 is 9.18 Å². The Kier molecular flexibility index (Phi) is 3.77. The fourth-order valence-corrected chi connectivity index (χ4v) is 3.52. The summed E-state index contributed by atoms with van der Waals surface area (Å²) >= 11 is 5.86. The Labute approximate surface area is 143 Å². The Balaban J connectivity index is 1.57. The van der Waals surface area contributed by atoms with Crippen LogP contribution in [0.25, 0.3) is 10.9 Å². The zero-order valence-electron chi connectivity index (χ0n) is 12.9. The maximum Gasteiger partial charge on any atom is 0.227 e. The van der Waals surface area contributed by atoms with E-state index in [0.717, 1.165) is 40.7 Å². The number of carbonyl (C=O) groups is 1. The predicted molar refractivity (Wildman–Crippen MR) is 93.9 cm³/mol. The monoisotopic (exact) mass is 342 g/mol. The van der Waals surface area contributed by atoms with Crippen molar-refractivity contribution >= 4 is 34.1 Å². The van der Waals surface area contributed by atoms with E-state index in [1.807, 2.05) is 0 Å². The number of amides is 1. The minimum absolute atomic E-state index is 0.00581. The zero-order valence-corrected chi connectivity index (χ0v) is 13.7. The number of fused-ring (bicyclic) bond motifs is 3. The predicted octanol–water partition coefficient (Wildman–Crippen LogP) is 4.70. The van der Waals surface area contributed by atoms with Gasteiger partial charge in [-0.3, -0.25) is 4.79 Å². The molecule has 1 aliphatic rings. The number of hydrogen-bond donors (Lipinski definition) is 2. The molecule has 3 nitrogen and oxygen atoms in total. The molecule has 0 spiro atoms. The van der Waals surface area contributed by atoms with Crippen LogP contribution in [0.4, 0.5) is 10.1 Å². The van der Waals surface area contributed by atoms with E-state index in [1.165, 1.54) is 6.07 Å². The Morgan fingerprint density at radius 3 is 2.79 bits per heavy atom. The van der Waals surface area contributed by atoms with Gasteiger partial charge in [-0.1, -0.05) is 11.6 Å². The number of carbonyl (C=O) groups excluding carboxylic acids is 1. The van der Waals surface area contributed by atoms with Crippen LogP contribution in [-0.4, -0.2) is 10.9 Å². The maximum absolute atomic E-state index is 13.6. The second kappa shape index (κ2) is 5.95. The molecule has 2 aromatic carbocycles. The topological polar surface area (TPSA) is 44.9 Å². The molecule has 24 heavy (non-hydrogen) atoms. The molecule has 0 saturated carbocycles. The van der Waals surface area contributed by atoms with Gasteiger partial charge in [0, 0.05) is 33.2 Å². The first-order valence-electron chi connectivity index (χ1n) is 7.95. The van der Waals surface area contributed by atoms with Gasteiger partial charge >= 0.3 is 0 Å². The highest BCUT2D eigenvalue weighted by Crippen LogP contribution is 2.32. The van der Waals surface area contributed by atoms with E-state index in [1.54, 1.807) is 36.4 Å². The van der Waals surface area contributed by atoms with Gasteiger partial charge in [-0.25, -0.2) is 4.39 Å². The molecule has 4 rings (SSSR count). The highest BCUT2D eigenvalue weighted by Gasteiger charge is 2.27. The summed E-state index contributed by atoms with van der Waals surface area (Å²) in [4.78, 5) is 15.9. The number of anilines is 1. The Bertz CT molecular complexity index is 917. The number of aryl methyl sites for hydroxylation is 1. The maximum atomic E-state index is 13.6. The summed E-state index contributed by atoms with van der Waals surface area (Å²) in [5, 5.41) is 4.46. The Hall–Kier alpha value is -2.33. The van der Waals surface area contributed by atoms with Crippen LogP contribution in [0.2, 0.25) is 5.02 Å². The van der Waals surface area contributed by atoms with Crippen LogP contribution >= 0.6 is 11.6 Å². The third kappa shape index (κ3) is 2.78. The number of halogens is 2. The number of rotatable bonds is 2. The first-order valence-corrected chi connectivity index (χ1v) is 8.33. The Morgan fingerprint density at radius 2 is 2.00 bits per heavy atom. The molecule has 0 radical (unpaired) electrons. The van der Waals surface area contributed by atoms with E-state index >= 15 is 0 Å². The lowest BCUT2D eigenvalue weighted by Gasteiger charge is -2.22. The minimum Gasteiger partial charge on any atom is -0.358 e. The molecular formula is C19H16ClFN2O. The standard InChI is InChI=1S/C19H16ClFN2O/c20-12-2-5-14(6-3-12)22-19(24)11-1-7-17-15(9-11)16-10-13(21)4-8-18(16)23-17/h2-6,8,10-11,23H,1,7,9H2,(H,22,24). The molecule has 0 saturated heterocycles. The minimum atomic E-state index is -0.253. The smallest absolute Gasteiger partial charge is 0.227 e. The number of hydrogen-bond acceptors (Lipinski definition) is 1. The van der Waals surface area contributed by atoms with Gasteiger partial charge in [0.05, 0.1) is 0 Å². The van der Waals surface area contributed by atoms with Gasteiger partial charge in [-0.05, 0) is 67.3 Å². The van der Waals surface area contributed by atoms with Crippen molar-refractivity contribution in [2.45, 2.75) is 19.3 Å². The number of aromatic nitrogens is 1. The van der Waals surface area contributed by atoms with Gasteiger partial charge in [0.25, 0.3) is 0 Å². The van der Waals surface area contributed by atoms with E-state index in [4.69, 9.17) is 11.6 Å². The number of benzene rings is 2. The third-order valence-electron chi connectivity index (χ3n) is 4.63. The van der Waals surface area contributed by atoms with Gasteiger partial charge in [-0.2, -0.15) is 0 Å². The zero-order chi connectivity index (χ0) is 16.7. The number of H-pyrrole nitrogens is 1. The first-order chi connectivity index (χ1) is 11.6. The van der Waals surface area contributed by atoms with Gasteiger partial charge in [0.2, 0.25) is 5.91 Å². The molecule has 0 bridgehead atoms. The second-order valence-corrected chi connectivity index (χ2v) is 6.64. The first kappa shape index (κ1) is 15.2. The van der Waals surface area contributed by atoms with Crippen molar-refractivity contribution in [2.75, 3.05) is 5.32 Å². The van der Waals surface area contributed by atoms with Crippen molar-refractivity contribution in [3.63, 3.8) is 0 Å². The van der Waals surface area contributed by atoms with Crippen LogP contribution in [0, 0.1) is 11.7 Å². The molecule has 2 N–H and O–H groups in total. The summed E-state index contributed by atoms with van der Waals surface area (Å²) in [5.41, 5.74) is 3.85. The van der Waals surface area contributed by atoms with Crippen molar-refractivity contribution in [3.8, 4) is 0 Å². The fraction of sp³-hybridized carbons (Fsp3) is 0.211. The molecule has 1 unspecified atom stereocenters. The molecule has 0 aliphatic heterocycles. The van der Waals surface area contributed by atoms with E-state index in [-0.39, 0.29) is 17.6 Å². The van der Waals surface area contributed by atoms with Gasteiger partial charge in [0.15, 0.2) is 0 Å². The highest BCUT2D eigenvalue weighted by atomic mass is 35.5. The summed E-state index contributed by atoms with van der Waals surface area (Å²) in [6.07, 6.45) is 2.20. The molecule has 0 fully saturated rings. The van der Waals surface area contributed by atoms with Crippen LogP contribution < -0.4 is 5.32 Å². The largest absolute Gasteiger partial charge is 0.358 e. The summed E-state index contributed by atoms with van der Waals surface area (Å²) in [5.74, 6) is -0.374. The van der Waals surface area contributed by atoms with Crippen LogP contribution in [-0.2, 0) is 17.6 Å². The SMILES string of the molecule is O=C(Nc1ccc(Cl)cc1)C1CCc2[nH]c3ccc(F)cc3c2C1. The van der Waals surface area contributed by atoms with Gasteiger partial charge in [0.1, 0.15) is 5.82 Å². The molecule has 3 aromatic rings. The quantitative estimate of drug-likeness (QED) is 0.696. The molecule has 1 aliphatic carbocycles. The number of nitrogens with one attached hydrogen (secondary N) is 2. The van der Waals surface area contributed by atoms with Crippen LogP contribution in [0.1, 0.15) is 17.7 Å². The molecule has 1 aromatic heterocycles. The molecule has 1 heterocycles. The van der Waals surface area contributed by atoms with Gasteiger partial charge in [-0.15, -0.1) is 0 Å². The summed E-state index contributed by atoms with van der Waals surface area (Å²) < 4.78 is 13.6. The summed E-state index contributed by atoms with van der Waals surface area (Å²) in [7, 11) is 0. The molecule has 1 atom stereocenters. The molecule has 5 heteroatoms. The van der Waals surface area contributed by atoms with Crippen molar-refractivity contribution in [2.24, 2.45) is 5.92 Å². The van der Waals surface area contributed by atoms with E-state index in [9.17, 15) is 9.18 Å². The van der Waals surface area contributed by atoms with Crippen LogP contribution in [0.15, 0.2) is 42.5 Å². The summed E-state index contributed by atoms with van der Waals surface area (Å²) in [6.45, 7) is 0. The van der Waals surface area contributed by atoms with E-state index in [2.05, 4.69) is 10.3 Å². The van der Waals surface area contributed by atoms with Crippen molar-refractivity contribution in [3.05, 3.63) is 64.6 Å². The van der Waals surface area contributed by atoms with Crippen molar-refractivity contribution in [1.82, 2.24) is 4.98 Å². The van der Waals surface area contributed by atoms with E-state index < -0.39 is 0 Å². The van der Waals surface area contributed by atoms with Gasteiger partial charge < -0.3 is 10.3 Å².